The van der Waals surface area contributed by atoms with Gasteiger partial charge in [0.15, 0.2) is 0 Å². The van der Waals surface area contributed by atoms with Gasteiger partial charge in [0.2, 0.25) is 0 Å². The molecule has 0 saturated carbocycles. The van der Waals surface area contributed by atoms with E-state index in [9.17, 15) is 14.4 Å². The number of rotatable bonds is 5. The number of nitrogens with zero attached hydrogens (tertiary/aromatic N) is 1. The molecule has 8 nitrogen and oxygen atoms in total. The van der Waals surface area contributed by atoms with Crippen LogP contribution in [0.2, 0.25) is 0 Å². The average molecular weight is 507 g/mol. The number of methoxy groups -OCH3 is 1. The van der Waals surface area contributed by atoms with Crippen molar-refractivity contribution in [3.63, 3.8) is 0 Å². The van der Waals surface area contributed by atoms with E-state index in [0.717, 1.165) is 4.47 Å². The molecule has 3 N–H and O–H groups in total. The Morgan fingerprint density at radius 1 is 0.818 bits per heavy atom. The fourth-order valence-corrected chi connectivity index (χ4v) is 3.58. The molecule has 0 atom stereocenters. The van der Waals surface area contributed by atoms with Crippen molar-refractivity contribution in [2.24, 2.45) is 0 Å². The quantitative estimate of drug-likeness (QED) is 0.349. The van der Waals surface area contributed by atoms with Gasteiger partial charge in [-0.05, 0) is 60.7 Å². The number of para-hydroxylation sites is 1. The summed E-state index contributed by atoms with van der Waals surface area (Å²) in [5.74, 6) is -1.58. The number of benzene rings is 3. The summed E-state index contributed by atoms with van der Waals surface area (Å²) in [6.07, 6.45) is 0. The van der Waals surface area contributed by atoms with Crippen molar-refractivity contribution in [2.45, 2.75) is 0 Å². The molecule has 0 aliphatic heterocycles. The van der Waals surface area contributed by atoms with Crippen molar-refractivity contribution in [3.8, 4) is 5.75 Å². The summed E-state index contributed by atoms with van der Waals surface area (Å²) >= 11 is 3.41. The van der Waals surface area contributed by atoms with E-state index in [1.165, 1.54) is 4.68 Å². The van der Waals surface area contributed by atoms with Gasteiger partial charge in [-0.1, -0.05) is 34.1 Å². The Morgan fingerprint density at radius 3 is 2.21 bits per heavy atom. The Morgan fingerprint density at radius 2 is 1.52 bits per heavy atom. The van der Waals surface area contributed by atoms with Crippen molar-refractivity contribution in [2.75, 3.05) is 23.2 Å². The van der Waals surface area contributed by atoms with E-state index in [4.69, 9.17) is 4.74 Å². The predicted molar refractivity (Wildman–Crippen MR) is 130 cm³/mol. The fraction of sp³-hybridized carbons (Fsp3) is 0.0417. The second kappa shape index (κ2) is 9.58. The summed E-state index contributed by atoms with van der Waals surface area (Å²) in [5.41, 5.74) is 4.27. The normalized spacial score (nSPS) is 10.5. The number of hydrogen-bond acceptors (Lipinski definition) is 4. The van der Waals surface area contributed by atoms with Crippen LogP contribution in [0, 0.1) is 0 Å². The molecule has 9 heteroatoms. The highest BCUT2D eigenvalue weighted by Crippen LogP contribution is 2.24. The van der Waals surface area contributed by atoms with Gasteiger partial charge >= 0.3 is 11.8 Å². The lowest BCUT2D eigenvalue weighted by molar-refractivity contribution is -0.133. The van der Waals surface area contributed by atoms with Crippen LogP contribution in [0.4, 0.5) is 11.4 Å². The number of carbonyl (C=O) groups excluding carboxylic acids is 3. The Labute approximate surface area is 197 Å². The molecule has 166 valence electrons. The van der Waals surface area contributed by atoms with Crippen molar-refractivity contribution in [3.05, 3.63) is 89.0 Å². The first-order chi connectivity index (χ1) is 15.9. The Hall–Kier alpha value is -4.11. The van der Waals surface area contributed by atoms with E-state index in [1.807, 2.05) is 6.07 Å². The standard InChI is InChI=1S/C24H19BrN4O4/c1-33-19-10-8-18(9-11-19)26-22(30)21-14-15-13-16(25)7-12-20(15)29(21)28-24(32)23(31)27-17-5-3-2-4-6-17/h2-14H,1H3,(H,26,30)(H,27,31)(H,28,32). The first kappa shape index (κ1) is 22.1. The van der Waals surface area contributed by atoms with Crippen LogP contribution in [-0.2, 0) is 9.59 Å². The molecule has 0 bridgehead atoms. The van der Waals surface area contributed by atoms with Gasteiger partial charge in [-0.2, -0.15) is 0 Å². The molecule has 1 heterocycles. The smallest absolute Gasteiger partial charge is 0.328 e. The fourth-order valence-electron chi connectivity index (χ4n) is 3.20. The highest BCUT2D eigenvalue weighted by Gasteiger charge is 2.21. The van der Waals surface area contributed by atoms with Gasteiger partial charge in [-0.3, -0.25) is 19.8 Å². The number of anilines is 2. The second-order valence-electron chi connectivity index (χ2n) is 7.01. The van der Waals surface area contributed by atoms with Gasteiger partial charge in [0.1, 0.15) is 11.4 Å². The lowest BCUT2D eigenvalue weighted by Gasteiger charge is -2.13. The molecule has 33 heavy (non-hydrogen) atoms. The maximum atomic E-state index is 13.1. The van der Waals surface area contributed by atoms with Crippen LogP contribution in [0.5, 0.6) is 5.75 Å². The van der Waals surface area contributed by atoms with Crippen LogP contribution in [0.15, 0.2) is 83.3 Å². The van der Waals surface area contributed by atoms with Crippen LogP contribution in [0.1, 0.15) is 10.5 Å². The maximum Gasteiger partial charge on any atom is 0.328 e. The predicted octanol–water partition coefficient (Wildman–Crippen LogP) is 4.37. The summed E-state index contributed by atoms with van der Waals surface area (Å²) in [5, 5.41) is 6.02. The van der Waals surface area contributed by atoms with Gasteiger partial charge in [0.25, 0.3) is 5.91 Å². The Bertz CT molecular complexity index is 1330. The maximum absolute atomic E-state index is 13.1. The van der Waals surface area contributed by atoms with Gasteiger partial charge in [-0.15, -0.1) is 0 Å². The molecule has 0 radical (unpaired) electrons. The zero-order valence-corrected chi connectivity index (χ0v) is 19.0. The van der Waals surface area contributed by atoms with Crippen LogP contribution in [0.25, 0.3) is 10.9 Å². The van der Waals surface area contributed by atoms with Crippen molar-refractivity contribution in [1.82, 2.24) is 4.68 Å². The van der Waals surface area contributed by atoms with E-state index in [1.54, 1.807) is 79.9 Å². The van der Waals surface area contributed by atoms with Gasteiger partial charge in [0, 0.05) is 21.2 Å². The lowest BCUT2D eigenvalue weighted by atomic mass is 10.2. The first-order valence-corrected chi connectivity index (χ1v) is 10.7. The number of carbonyl (C=O) groups is 3. The molecular formula is C24H19BrN4O4. The SMILES string of the molecule is COc1ccc(NC(=O)c2cc3cc(Br)ccc3n2NC(=O)C(=O)Nc2ccccc2)cc1. The molecule has 0 saturated heterocycles. The monoisotopic (exact) mass is 506 g/mol. The van der Waals surface area contributed by atoms with Crippen LogP contribution in [0.3, 0.4) is 0 Å². The highest BCUT2D eigenvalue weighted by molar-refractivity contribution is 9.10. The minimum Gasteiger partial charge on any atom is -0.497 e. The molecule has 4 rings (SSSR count). The molecule has 3 aromatic carbocycles. The van der Waals surface area contributed by atoms with Gasteiger partial charge in [-0.25, -0.2) is 4.68 Å². The van der Waals surface area contributed by atoms with Gasteiger partial charge < -0.3 is 15.4 Å². The van der Waals surface area contributed by atoms with E-state index >= 15 is 0 Å². The number of ether oxygens (including phenoxy) is 1. The number of hydrogen-bond donors (Lipinski definition) is 3. The first-order valence-electron chi connectivity index (χ1n) is 9.88. The van der Waals surface area contributed by atoms with Crippen LogP contribution >= 0.6 is 15.9 Å². The van der Waals surface area contributed by atoms with E-state index in [0.29, 0.717) is 28.0 Å². The van der Waals surface area contributed by atoms with E-state index in [2.05, 4.69) is 32.0 Å². The largest absolute Gasteiger partial charge is 0.497 e. The number of nitrogens with one attached hydrogen (secondary N) is 3. The summed E-state index contributed by atoms with van der Waals surface area (Å²) in [6, 6.07) is 22.4. The zero-order chi connectivity index (χ0) is 23.4. The molecule has 4 aromatic rings. The molecular weight excluding hydrogens is 488 g/mol. The van der Waals surface area contributed by atoms with Crippen molar-refractivity contribution < 1.29 is 19.1 Å². The van der Waals surface area contributed by atoms with E-state index in [-0.39, 0.29) is 5.69 Å². The molecule has 0 fully saturated rings. The third kappa shape index (κ3) is 5.04. The second-order valence-corrected chi connectivity index (χ2v) is 7.93. The lowest BCUT2D eigenvalue weighted by Crippen LogP contribution is -2.36. The molecule has 0 unspecified atom stereocenters. The topological polar surface area (TPSA) is 101 Å². The summed E-state index contributed by atoms with van der Waals surface area (Å²) in [7, 11) is 1.56. The Balaban J connectivity index is 1.61. The zero-order valence-electron chi connectivity index (χ0n) is 17.5. The van der Waals surface area contributed by atoms with Crippen molar-refractivity contribution >= 4 is 55.9 Å². The third-order valence-corrected chi connectivity index (χ3v) is 5.29. The van der Waals surface area contributed by atoms with E-state index < -0.39 is 17.7 Å². The number of fused-ring (bicyclic) bond motifs is 1. The third-order valence-electron chi connectivity index (χ3n) is 4.80. The average Bonchev–Trinajstić information content (AvgIpc) is 3.17. The minimum absolute atomic E-state index is 0.153. The summed E-state index contributed by atoms with van der Waals surface area (Å²) < 4.78 is 7.24. The minimum atomic E-state index is -0.919. The summed E-state index contributed by atoms with van der Waals surface area (Å²) in [6.45, 7) is 0. The summed E-state index contributed by atoms with van der Waals surface area (Å²) in [4.78, 5) is 38.1. The van der Waals surface area contributed by atoms with Gasteiger partial charge in [0.05, 0.1) is 12.6 Å². The molecule has 1 aromatic heterocycles. The molecule has 0 aliphatic rings. The number of amides is 3. The molecule has 0 spiro atoms. The van der Waals surface area contributed by atoms with Crippen molar-refractivity contribution in [1.29, 1.82) is 0 Å². The highest BCUT2D eigenvalue weighted by atomic mass is 79.9. The molecule has 3 amide bonds. The molecule has 0 aliphatic carbocycles. The van der Waals surface area contributed by atoms with Crippen LogP contribution < -0.4 is 20.8 Å². The Kier molecular flexibility index (Phi) is 6.41. The number of aromatic nitrogens is 1. The number of halogens is 1. The van der Waals surface area contributed by atoms with Crippen LogP contribution in [-0.4, -0.2) is 29.5 Å².